The SMILES string of the molecule is O=C(CCc1nc2c(Cl)cccc2[nH]1)NCC(O)CN1CCc2ccccc2C1. The van der Waals surface area contributed by atoms with Crippen molar-refractivity contribution in [3.63, 3.8) is 0 Å². The quantitative estimate of drug-likeness (QED) is 0.557. The molecule has 0 fully saturated rings. The molecule has 2 heterocycles. The molecule has 4 rings (SSSR count). The molecule has 1 atom stereocenters. The van der Waals surface area contributed by atoms with Gasteiger partial charge >= 0.3 is 0 Å². The molecule has 3 N–H and O–H groups in total. The molecule has 3 aromatic rings. The number of rotatable bonds is 7. The number of aliphatic hydroxyl groups is 1. The lowest BCUT2D eigenvalue weighted by Crippen LogP contribution is -2.42. The van der Waals surface area contributed by atoms with E-state index in [1.54, 1.807) is 6.07 Å². The van der Waals surface area contributed by atoms with Gasteiger partial charge in [0.2, 0.25) is 5.91 Å². The second-order valence-corrected chi connectivity index (χ2v) is 7.94. The Morgan fingerprint density at radius 3 is 2.90 bits per heavy atom. The Morgan fingerprint density at radius 2 is 2.07 bits per heavy atom. The van der Waals surface area contributed by atoms with Gasteiger partial charge in [-0.15, -0.1) is 0 Å². The van der Waals surface area contributed by atoms with Crippen LogP contribution < -0.4 is 5.32 Å². The zero-order valence-corrected chi connectivity index (χ0v) is 17.0. The number of amides is 1. The molecule has 2 aromatic carbocycles. The van der Waals surface area contributed by atoms with Gasteiger partial charge in [0.05, 0.1) is 16.6 Å². The molecule has 1 unspecified atom stereocenters. The topological polar surface area (TPSA) is 81.2 Å². The molecule has 29 heavy (non-hydrogen) atoms. The minimum Gasteiger partial charge on any atom is -0.390 e. The summed E-state index contributed by atoms with van der Waals surface area (Å²) in [4.78, 5) is 22.0. The van der Waals surface area contributed by atoms with E-state index in [0.717, 1.165) is 36.4 Å². The fourth-order valence-electron chi connectivity index (χ4n) is 3.79. The van der Waals surface area contributed by atoms with Gasteiger partial charge in [0.15, 0.2) is 0 Å². The van der Waals surface area contributed by atoms with Gasteiger partial charge in [-0.05, 0) is 29.7 Å². The molecule has 0 bridgehead atoms. The summed E-state index contributed by atoms with van der Waals surface area (Å²) in [6.07, 6.45) is 1.21. The van der Waals surface area contributed by atoms with Crippen molar-refractivity contribution in [3.8, 4) is 0 Å². The van der Waals surface area contributed by atoms with Crippen LogP contribution in [0.1, 0.15) is 23.4 Å². The van der Waals surface area contributed by atoms with Gasteiger partial charge in [-0.25, -0.2) is 4.98 Å². The van der Waals surface area contributed by atoms with Gasteiger partial charge in [-0.3, -0.25) is 9.69 Å². The number of halogens is 1. The van der Waals surface area contributed by atoms with E-state index >= 15 is 0 Å². The fourth-order valence-corrected chi connectivity index (χ4v) is 4.01. The lowest BCUT2D eigenvalue weighted by atomic mass is 10.00. The predicted octanol–water partition coefficient (Wildman–Crippen LogP) is 2.68. The molecule has 0 spiro atoms. The van der Waals surface area contributed by atoms with Crippen LogP contribution in [0.2, 0.25) is 5.02 Å². The Morgan fingerprint density at radius 1 is 1.24 bits per heavy atom. The van der Waals surface area contributed by atoms with Crippen molar-refractivity contribution < 1.29 is 9.90 Å². The van der Waals surface area contributed by atoms with Gasteiger partial charge in [0.1, 0.15) is 11.3 Å². The van der Waals surface area contributed by atoms with Crippen molar-refractivity contribution in [2.24, 2.45) is 0 Å². The number of hydrogen-bond acceptors (Lipinski definition) is 4. The molecule has 7 heteroatoms. The summed E-state index contributed by atoms with van der Waals surface area (Å²) in [6.45, 7) is 2.58. The zero-order chi connectivity index (χ0) is 20.2. The second kappa shape index (κ2) is 8.95. The summed E-state index contributed by atoms with van der Waals surface area (Å²) >= 11 is 6.13. The number of H-pyrrole nitrogens is 1. The number of para-hydroxylation sites is 1. The van der Waals surface area contributed by atoms with Crippen molar-refractivity contribution in [3.05, 3.63) is 64.4 Å². The lowest BCUT2D eigenvalue weighted by Gasteiger charge is -2.30. The molecule has 0 aliphatic carbocycles. The number of fused-ring (bicyclic) bond motifs is 2. The van der Waals surface area contributed by atoms with Crippen LogP contribution in [0.25, 0.3) is 11.0 Å². The van der Waals surface area contributed by atoms with Crippen molar-refractivity contribution in [2.45, 2.75) is 31.9 Å². The predicted molar refractivity (Wildman–Crippen MR) is 114 cm³/mol. The van der Waals surface area contributed by atoms with Crippen LogP contribution in [0.5, 0.6) is 0 Å². The molecule has 1 amide bonds. The number of carbonyl (C=O) groups excluding carboxylic acids is 1. The number of nitrogens with zero attached hydrogens (tertiary/aromatic N) is 2. The van der Waals surface area contributed by atoms with E-state index in [0.29, 0.717) is 24.4 Å². The maximum absolute atomic E-state index is 12.2. The maximum atomic E-state index is 12.2. The first-order valence-electron chi connectivity index (χ1n) is 9.95. The van der Waals surface area contributed by atoms with Gasteiger partial charge in [-0.1, -0.05) is 41.9 Å². The van der Waals surface area contributed by atoms with Crippen LogP contribution in [0, 0.1) is 0 Å². The van der Waals surface area contributed by atoms with E-state index in [2.05, 4.69) is 44.5 Å². The van der Waals surface area contributed by atoms with E-state index < -0.39 is 6.10 Å². The van der Waals surface area contributed by atoms with Crippen molar-refractivity contribution in [1.82, 2.24) is 20.2 Å². The van der Waals surface area contributed by atoms with E-state index in [1.807, 2.05) is 12.1 Å². The summed E-state index contributed by atoms with van der Waals surface area (Å²) in [5.41, 5.74) is 4.30. The van der Waals surface area contributed by atoms with Crippen LogP contribution in [0.3, 0.4) is 0 Å². The zero-order valence-electron chi connectivity index (χ0n) is 16.2. The molecule has 0 saturated heterocycles. The molecular formula is C22H25ClN4O2. The average molecular weight is 413 g/mol. The number of aryl methyl sites for hydroxylation is 1. The Balaban J connectivity index is 1.20. The highest BCUT2D eigenvalue weighted by atomic mass is 35.5. The van der Waals surface area contributed by atoms with Gasteiger partial charge in [-0.2, -0.15) is 0 Å². The van der Waals surface area contributed by atoms with Gasteiger partial charge in [0, 0.05) is 39.0 Å². The molecule has 1 aliphatic rings. The number of nitrogens with one attached hydrogen (secondary N) is 2. The third-order valence-electron chi connectivity index (χ3n) is 5.31. The van der Waals surface area contributed by atoms with Crippen molar-refractivity contribution >= 4 is 28.5 Å². The minimum absolute atomic E-state index is 0.0976. The summed E-state index contributed by atoms with van der Waals surface area (Å²) < 4.78 is 0. The molecule has 0 saturated carbocycles. The smallest absolute Gasteiger partial charge is 0.220 e. The lowest BCUT2D eigenvalue weighted by molar-refractivity contribution is -0.121. The standard InChI is InChI=1S/C22H25ClN4O2/c23-18-6-3-7-19-22(18)26-20(25-19)8-9-21(29)24-12-17(28)14-27-11-10-15-4-1-2-5-16(15)13-27/h1-7,17,28H,8-14H2,(H,24,29)(H,25,26). The first-order valence-corrected chi connectivity index (χ1v) is 10.3. The van der Waals surface area contributed by atoms with Crippen LogP contribution >= 0.6 is 11.6 Å². The molecule has 1 aromatic heterocycles. The van der Waals surface area contributed by atoms with Gasteiger partial charge in [0.25, 0.3) is 0 Å². The average Bonchev–Trinajstić information content (AvgIpc) is 3.15. The van der Waals surface area contributed by atoms with Crippen molar-refractivity contribution in [1.29, 1.82) is 0 Å². The Hall–Kier alpha value is -2.41. The second-order valence-electron chi connectivity index (χ2n) is 7.53. The van der Waals surface area contributed by atoms with Gasteiger partial charge < -0.3 is 15.4 Å². The van der Waals surface area contributed by atoms with E-state index in [4.69, 9.17) is 11.6 Å². The Bertz CT molecular complexity index is 1000. The first-order chi connectivity index (χ1) is 14.1. The van der Waals surface area contributed by atoms with Crippen molar-refractivity contribution in [2.75, 3.05) is 19.6 Å². The third-order valence-corrected chi connectivity index (χ3v) is 5.62. The minimum atomic E-state index is -0.589. The molecule has 0 radical (unpaired) electrons. The van der Waals surface area contributed by atoms with E-state index in [9.17, 15) is 9.90 Å². The number of aromatic amines is 1. The summed E-state index contributed by atoms with van der Waals surface area (Å²) in [5.74, 6) is 0.635. The summed E-state index contributed by atoms with van der Waals surface area (Å²) in [7, 11) is 0. The monoisotopic (exact) mass is 412 g/mol. The highest BCUT2D eigenvalue weighted by Crippen LogP contribution is 2.21. The summed E-state index contributed by atoms with van der Waals surface area (Å²) in [6, 6.07) is 14.0. The number of imidazole rings is 1. The normalized spacial score (nSPS) is 15.2. The molecular weight excluding hydrogens is 388 g/mol. The fraction of sp³-hybridized carbons (Fsp3) is 0.364. The highest BCUT2D eigenvalue weighted by Gasteiger charge is 2.18. The third kappa shape index (κ3) is 4.96. The molecule has 1 aliphatic heterocycles. The molecule has 6 nitrogen and oxygen atoms in total. The summed E-state index contributed by atoms with van der Waals surface area (Å²) in [5, 5.41) is 13.7. The largest absolute Gasteiger partial charge is 0.390 e. The van der Waals surface area contributed by atoms with Crippen LogP contribution in [-0.2, 0) is 24.2 Å². The number of benzene rings is 2. The van der Waals surface area contributed by atoms with E-state index in [1.165, 1.54) is 11.1 Å². The van der Waals surface area contributed by atoms with E-state index in [-0.39, 0.29) is 12.5 Å². The van der Waals surface area contributed by atoms with Crippen LogP contribution in [-0.4, -0.2) is 51.6 Å². The van der Waals surface area contributed by atoms with Crippen LogP contribution in [0.15, 0.2) is 42.5 Å². The number of carbonyl (C=O) groups is 1. The Labute approximate surface area is 174 Å². The number of aliphatic hydroxyl groups excluding tert-OH is 1. The molecule has 152 valence electrons. The first kappa shape index (κ1) is 19.9. The maximum Gasteiger partial charge on any atom is 0.220 e. The Kier molecular flexibility index (Phi) is 6.13. The number of aromatic nitrogens is 2. The highest BCUT2D eigenvalue weighted by molar-refractivity contribution is 6.34. The number of β-amino-alcohol motifs (C(OH)–C–C–N with tert-alkyl or cyclic N) is 1. The number of hydrogen-bond donors (Lipinski definition) is 3. The van der Waals surface area contributed by atoms with Crippen LogP contribution in [0.4, 0.5) is 0 Å².